The van der Waals surface area contributed by atoms with Crippen LogP contribution in [0.5, 0.6) is 0 Å². The van der Waals surface area contributed by atoms with E-state index in [-0.39, 0.29) is 16.8 Å². The topological polar surface area (TPSA) is 87.3 Å². The molecule has 110 valence electrons. The molecule has 0 saturated heterocycles. The van der Waals surface area contributed by atoms with Crippen LogP contribution in [-0.4, -0.2) is 40.5 Å². The summed E-state index contributed by atoms with van der Waals surface area (Å²) in [4.78, 5) is 11.9. The molecule has 0 aliphatic carbocycles. The predicted molar refractivity (Wildman–Crippen MR) is 76.2 cm³/mol. The second-order valence-electron chi connectivity index (χ2n) is 4.87. The van der Waals surface area contributed by atoms with Crippen molar-refractivity contribution in [3.63, 3.8) is 0 Å². The fourth-order valence-electron chi connectivity index (χ4n) is 1.98. The van der Waals surface area contributed by atoms with Gasteiger partial charge in [-0.3, -0.25) is 4.79 Å². The molecule has 1 amide bonds. The van der Waals surface area contributed by atoms with Crippen molar-refractivity contribution in [2.75, 3.05) is 20.1 Å². The third-order valence-electron chi connectivity index (χ3n) is 3.39. The Kier molecular flexibility index (Phi) is 4.42. The zero-order valence-electron chi connectivity index (χ0n) is 11.6. The van der Waals surface area contributed by atoms with E-state index in [9.17, 15) is 13.2 Å². The van der Waals surface area contributed by atoms with Gasteiger partial charge in [0.15, 0.2) is 0 Å². The molecule has 1 aromatic carbocycles. The summed E-state index contributed by atoms with van der Waals surface area (Å²) in [5.41, 5.74) is 1.33. The van der Waals surface area contributed by atoms with Gasteiger partial charge in [-0.2, -0.15) is 0 Å². The molecule has 0 fully saturated rings. The highest BCUT2D eigenvalue weighted by Crippen LogP contribution is 2.19. The fraction of sp³-hybridized carbons (Fsp3) is 0.462. The molecule has 1 unspecified atom stereocenters. The van der Waals surface area contributed by atoms with Crippen molar-refractivity contribution >= 4 is 15.9 Å². The number of carbonyl (C=O) groups excluding carboxylic acids is 1. The largest absolute Gasteiger partial charge is 0.352 e. The van der Waals surface area contributed by atoms with E-state index in [2.05, 4.69) is 15.4 Å². The summed E-state index contributed by atoms with van der Waals surface area (Å²) in [6.45, 7) is 2.76. The summed E-state index contributed by atoms with van der Waals surface area (Å²) in [5, 5.41) is 5.67. The first-order chi connectivity index (χ1) is 9.44. The summed E-state index contributed by atoms with van der Waals surface area (Å²) in [7, 11) is -1.83. The minimum atomic E-state index is -3.59. The Hall–Kier alpha value is -1.44. The van der Waals surface area contributed by atoms with Gasteiger partial charge in [0.25, 0.3) is 5.91 Å². The number of likely N-dealkylation sites (N-methyl/N-ethyl adjacent to an activating group) is 1. The number of hydrogen-bond donors (Lipinski definition) is 3. The van der Waals surface area contributed by atoms with Gasteiger partial charge in [-0.15, -0.1) is 0 Å². The SMILES string of the molecule is CNC(C)CNS(=O)(=O)c1ccc2c(c1)C(=O)NCC2. The van der Waals surface area contributed by atoms with Crippen molar-refractivity contribution in [3.8, 4) is 0 Å². The van der Waals surface area contributed by atoms with Crippen LogP contribution in [0.4, 0.5) is 0 Å². The molecule has 0 aromatic heterocycles. The molecule has 0 radical (unpaired) electrons. The van der Waals surface area contributed by atoms with Crippen molar-refractivity contribution < 1.29 is 13.2 Å². The Morgan fingerprint density at radius 2 is 2.15 bits per heavy atom. The Labute approximate surface area is 119 Å². The van der Waals surface area contributed by atoms with Crippen LogP contribution in [0.2, 0.25) is 0 Å². The van der Waals surface area contributed by atoms with Crippen LogP contribution >= 0.6 is 0 Å². The molecule has 0 spiro atoms. The summed E-state index contributed by atoms with van der Waals surface area (Å²) >= 11 is 0. The van der Waals surface area contributed by atoms with Crippen molar-refractivity contribution in [1.29, 1.82) is 0 Å². The van der Waals surface area contributed by atoms with Crippen LogP contribution in [0, 0.1) is 0 Å². The molecule has 7 heteroatoms. The molecule has 1 aliphatic heterocycles. The molecule has 0 bridgehead atoms. The summed E-state index contributed by atoms with van der Waals surface area (Å²) in [5.74, 6) is -0.216. The van der Waals surface area contributed by atoms with Gasteiger partial charge in [-0.25, -0.2) is 13.1 Å². The molecule has 6 nitrogen and oxygen atoms in total. The lowest BCUT2D eigenvalue weighted by atomic mass is 10.0. The Balaban J connectivity index is 2.24. The number of carbonyl (C=O) groups is 1. The van der Waals surface area contributed by atoms with Gasteiger partial charge in [0.2, 0.25) is 10.0 Å². The summed E-state index contributed by atoms with van der Waals surface area (Å²) in [6.07, 6.45) is 0.728. The average Bonchev–Trinajstić information content (AvgIpc) is 2.45. The van der Waals surface area contributed by atoms with Crippen molar-refractivity contribution in [3.05, 3.63) is 29.3 Å². The number of sulfonamides is 1. The standard InChI is InChI=1S/C13H19N3O3S/c1-9(14-2)8-16-20(18,19)11-4-3-10-5-6-15-13(17)12(10)7-11/h3-4,7,9,14,16H,5-6,8H2,1-2H3,(H,15,17). The number of nitrogens with one attached hydrogen (secondary N) is 3. The van der Waals surface area contributed by atoms with E-state index < -0.39 is 10.0 Å². The smallest absolute Gasteiger partial charge is 0.251 e. The van der Waals surface area contributed by atoms with Gasteiger partial charge in [0.05, 0.1) is 4.90 Å². The fourth-order valence-corrected chi connectivity index (χ4v) is 3.13. The molecule has 20 heavy (non-hydrogen) atoms. The van der Waals surface area contributed by atoms with Crippen molar-refractivity contribution in [2.45, 2.75) is 24.3 Å². The normalized spacial score (nSPS) is 16.4. The minimum absolute atomic E-state index is 0.0331. The Morgan fingerprint density at radius 1 is 1.40 bits per heavy atom. The first-order valence-corrected chi connectivity index (χ1v) is 8.00. The van der Waals surface area contributed by atoms with Crippen LogP contribution in [-0.2, 0) is 16.4 Å². The van der Waals surface area contributed by atoms with E-state index in [1.165, 1.54) is 6.07 Å². The third kappa shape index (κ3) is 3.17. The molecule has 0 saturated carbocycles. The molecule has 2 rings (SSSR count). The van der Waals surface area contributed by atoms with Gasteiger partial charge >= 0.3 is 0 Å². The maximum Gasteiger partial charge on any atom is 0.251 e. The summed E-state index contributed by atoms with van der Waals surface area (Å²) < 4.78 is 26.9. The Morgan fingerprint density at radius 3 is 2.85 bits per heavy atom. The highest BCUT2D eigenvalue weighted by Gasteiger charge is 2.21. The van der Waals surface area contributed by atoms with Gasteiger partial charge in [0, 0.05) is 24.7 Å². The maximum atomic E-state index is 12.2. The molecule has 1 aliphatic rings. The lowest BCUT2D eigenvalue weighted by molar-refractivity contribution is 0.0946. The lowest BCUT2D eigenvalue weighted by Crippen LogP contribution is -2.37. The second-order valence-corrected chi connectivity index (χ2v) is 6.63. The number of fused-ring (bicyclic) bond motifs is 1. The van der Waals surface area contributed by atoms with E-state index in [1.807, 2.05) is 6.92 Å². The quantitative estimate of drug-likeness (QED) is 0.706. The highest BCUT2D eigenvalue weighted by atomic mass is 32.2. The van der Waals surface area contributed by atoms with Gasteiger partial charge in [-0.05, 0) is 38.1 Å². The molecular formula is C13H19N3O3S. The van der Waals surface area contributed by atoms with Crippen LogP contribution < -0.4 is 15.4 Å². The summed E-state index contributed by atoms with van der Waals surface area (Å²) in [6, 6.07) is 4.73. The molecule has 1 aromatic rings. The van der Waals surface area contributed by atoms with E-state index in [0.717, 1.165) is 12.0 Å². The van der Waals surface area contributed by atoms with E-state index in [1.54, 1.807) is 19.2 Å². The number of benzene rings is 1. The van der Waals surface area contributed by atoms with E-state index in [0.29, 0.717) is 18.7 Å². The maximum absolute atomic E-state index is 12.2. The molecular weight excluding hydrogens is 278 g/mol. The third-order valence-corrected chi connectivity index (χ3v) is 4.81. The average molecular weight is 297 g/mol. The first kappa shape index (κ1) is 15.0. The van der Waals surface area contributed by atoms with Crippen molar-refractivity contribution in [2.24, 2.45) is 0 Å². The molecule has 1 heterocycles. The second kappa shape index (κ2) is 5.90. The van der Waals surface area contributed by atoms with Crippen molar-refractivity contribution in [1.82, 2.24) is 15.4 Å². The number of hydrogen-bond acceptors (Lipinski definition) is 4. The number of rotatable bonds is 5. The van der Waals surface area contributed by atoms with Gasteiger partial charge in [0.1, 0.15) is 0 Å². The van der Waals surface area contributed by atoms with Crippen LogP contribution in [0.3, 0.4) is 0 Å². The van der Waals surface area contributed by atoms with Crippen LogP contribution in [0.25, 0.3) is 0 Å². The Bertz CT molecular complexity index is 613. The van der Waals surface area contributed by atoms with Gasteiger partial charge < -0.3 is 10.6 Å². The zero-order chi connectivity index (χ0) is 14.8. The minimum Gasteiger partial charge on any atom is -0.352 e. The number of amides is 1. The first-order valence-electron chi connectivity index (χ1n) is 6.52. The predicted octanol–water partition coefficient (Wildman–Crippen LogP) is -0.141. The monoisotopic (exact) mass is 297 g/mol. The lowest BCUT2D eigenvalue weighted by Gasteiger charge is -2.18. The molecule has 1 atom stereocenters. The zero-order valence-corrected chi connectivity index (χ0v) is 12.4. The highest BCUT2D eigenvalue weighted by molar-refractivity contribution is 7.89. The van der Waals surface area contributed by atoms with Crippen LogP contribution in [0.15, 0.2) is 23.1 Å². The molecule has 3 N–H and O–H groups in total. The van der Waals surface area contributed by atoms with E-state index >= 15 is 0 Å². The van der Waals surface area contributed by atoms with E-state index in [4.69, 9.17) is 0 Å². The van der Waals surface area contributed by atoms with Crippen LogP contribution in [0.1, 0.15) is 22.8 Å². The van der Waals surface area contributed by atoms with Gasteiger partial charge in [-0.1, -0.05) is 6.07 Å².